The Morgan fingerprint density at radius 1 is 0.581 bits per heavy atom. The van der Waals surface area contributed by atoms with Gasteiger partial charge in [0.15, 0.2) is 0 Å². The Morgan fingerprint density at radius 3 is 1.55 bits per heavy atom. The van der Waals surface area contributed by atoms with Gasteiger partial charge >= 0.3 is 0 Å². The highest BCUT2D eigenvalue weighted by Crippen LogP contribution is 2.41. The van der Waals surface area contributed by atoms with Gasteiger partial charge in [0.05, 0.1) is 13.7 Å². The standard InChI is InChI=1S/C29H28O2/c1-3-23-14-16-24(17-15-23)22-31-29(25-10-6-4-7-11-25,26-12-8-5-9-13-26)27-18-20-28(30-2)21-19-27/h4-21H,3,22H2,1-2H3. The second-order valence-electron chi connectivity index (χ2n) is 7.60. The molecule has 156 valence electrons. The number of rotatable bonds is 8. The van der Waals surface area contributed by atoms with Crippen molar-refractivity contribution >= 4 is 0 Å². The lowest BCUT2D eigenvalue weighted by Gasteiger charge is -2.36. The fourth-order valence-electron chi connectivity index (χ4n) is 3.98. The van der Waals surface area contributed by atoms with Gasteiger partial charge in [-0.1, -0.05) is 104 Å². The van der Waals surface area contributed by atoms with E-state index in [9.17, 15) is 0 Å². The zero-order chi connectivity index (χ0) is 21.5. The van der Waals surface area contributed by atoms with Crippen LogP contribution in [0.2, 0.25) is 0 Å². The second kappa shape index (κ2) is 9.63. The van der Waals surface area contributed by atoms with Crippen molar-refractivity contribution in [1.82, 2.24) is 0 Å². The van der Waals surface area contributed by atoms with Gasteiger partial charge in [-0.25, -0.2) is 0 Å². The zero-order valence-electron chi connectivity index (χ0n) is 18.1. The van der Waals surface area contributed by atoms with Crippen LogP contribution in [-0.4, -0.2) is 7.11 Å². The predicted octanol–water partition coefficient (Wildman–Crippen LogP) is 6.77. The van der Waals surface area contributed by atoms with E-state index in [0.29, 0.717) is 6.61 Å². The molecule has 0 N–H and O–H groups in total. The molecule has 0 aromatic heterocycles. The minimum absolute atomic E-state index is 0.500. The number of aryl methyl sites for hydroxylation is 1. The van der Waals surface area contributed by atoms with Gasteiger partial charge in [0, 0.05) is 0 Å². The Kier molecular flexibility index (Phi) is 6.49. The van der Waals surface area contributed by atoms with Gasteiger partial charge in [0.2, 0.25) is 0 Å². The maximum absolute atomic E-state index is 6.88. The van der Waals surface area contributed by atoms with E-state index >= 15 is 0 Å². The molecule has 2 heteroatoms. The smallest absolute Gasteiger partial charge is 0.144 e. The van der Waals surface area contributed by atoms with E-state index in [1.165, 1.54) is 5.56 Å². The van der Waals surface area contributed by atoms with Crippen LogP contribution in [0.4, 0.5) is 0 Å². The van der Waals surface area contributed by atoms with Crippen molar-refractivity contribution in [1.29, 1.82) is 0 Å². The largest absolute Gasteiger partial charge is 0.497 e. The summed E-state index contributed by atoms with van der Waals surface area (Å²) in [5.74, 6) is 0.828. The summed E-state index contributed by atoms with van der Waals surface area (Å²) in [6.07, 6.45) is 1.03. The average molecular weight is 409 g/mol. The molecule has 0 fully saturated rings. The van der Waals surface area contributed by atoms with Crippen molar-refractivity contribution in [3.8, 4) is 5.75 Å². The molecule has 4 rings (SSSR count). The van der Waals surface area contributed by atoms with E-state index in [2.05, 4.69) is 91.9 Å². The average Bonchev–Trinajstić information content (AvgIpc) is 2.86. The van der Waals surface area contributed by atoms with Crippen molar-refractivity contribution in [2.24, 2.45) is 0 Å². The van der Waals surface area contributed by atoms with Crippen molar-refractivity contribution < 1.29 is 9.47 Å². The Bertz CT molecular complexity index is 1030. The minimum Gasteiger partial charge on any atom is -0.497 e. The summed E-state index contributed by atoms with van der Waals surface area (Å²) in [5.41, 5.74) is 5.00. The zero-order valence-corrected chi connectivity index (χ0v) is 18.1. The molecule has 0 radical (unpaired) electrons. The van der Waals surface area contributed by atoms with Crippen LogP contribution in [0.15, 0.2) is 109 Å². The van der Waals surface area contributed by atoms with Gasteiger partial charge in [-0.2, -0.15) is 0 Å². The van der Waals surface area contributed by atoms with Gasteiger partial charge in [-0.3, -0.25) is 0 Å². The Morgan fingerprint density at radius 2 is 1.06 bits per heavy atom. The van der Waals surface area contributed by atoms with E-state index in [0.717, 1.165) is 34.4 Å². The van der Waals surface area contributed by atoms with Crippen LogP contribution in [0.3, 0.4) is 0 Å². The number of hydrogen-bond acceptors (Lipinski definition) is 2. The third kappa shape index (κ3) is 4.40. The van der Waals surface area contributed by atoms with E-state index in [1.807, 2.05) is 24.3 Å². The molecule has 0 atom stereocenters. The fraction of sp³-hybridized carbons (Fsp3) is 0.172. The number of benzene rings is 4. The maximum atomic E-state index is 6.88. The predicted molar refractivity (Wildman–Crippen MR) is 126 cm³/mol. The summed E-state index contributed by atoms with van der Waals surface area (Å²) in [6.45, 7) is 2.67. The molecule has 0 aliphatic rings. The molecule has 0 aliphatic carbocycles. The first kappa shape index (κ1) is 20.9. The normalized spacial score (nSPS) is 11.3. The van der Waals surface area contributed by atoms with Crippen LogP contribution in [-0.2, 0) is 23.4 Å². The molecule has 0 spiro atoms. The number of methoxy groups -OCH3 is 1. The first-order valence-electron chi connectivity index (χ1n) is 10.7. The summed E-state index contributed by atoms with van der Waals surface area (Å²) in [6, 6.07) is 37.7. The molecule has 4 aromatic rings. The molecule has 0 saturated heterocycles. The van der Waals surface area contributed by atoms with Crippen LogP contribution >= 0.6 is 0 Å². The Labute approximate surface area is 185 Å². The molecule has 0 unspecified atom stereocenters. The third-order valence-electron chi connectivity index (χ3n) is 5.74. The van der Waals surface area contributed by atoms with Crippen molar-refractivity contribution in [2.45, 2.75) is 25.6 Å². The molecular weight excluding hydrogens is 380 g/mol. The highest BCUT2D eigenvalue weighted by molar-refractivity contribution is 5.48. The van der Waals surface area contributed by atoms with Crippen molar-refractivity contribution in [3.63, 3.8) is 0 Å². The third-order valence-corrected chi connectivity index (χ3v) is 5.74. The highest BCUT2D eigenvalue weighted by Gasteiger charge is 2.37. The van der Waals surface area contributed by atoms with E-state index in [-0.39, 0.29) is 0 Å². The second-order valence-corrected chi connectivity index (χ2v) is 7.60. The quantitative estimate of drug-likeness (QED) is 0.300. The van der Waals surface area contributed by atoms with E-state index in [4.69, 9.17) is 9.47 Å². The van der Waals surface area contributed by atoms with E-state index < -0.39 is 5.60 Å². The molecule has 0 saturated carbocycles. The summed E-state index contributed by atoms with van der Waals surface area (Å²) < 4.78 is 12.3. The van der Waals surface area contributed by atoms with Gasteiger partial charge in [-0.15, -0.1) is 0 Å². The summed E-state index contributed by atoms with van der Waals surface area (Å²) in [4.78, 5) is 0. The van der Waals surface area contributed by atoms with Crippen molar-refractivity contribution in [3.05, 3.63) is 137 Å². The van der Waals surface area contributed by atoms with Crippen LogP contribution in [0.5, 0.6) is 5.75 Å². The Balaban J connectivity index is 1.84. The van der Waals surface area contributed by atoms with Gasteiger partial charge in [-0.05, 0) is 46.4 Å². The molecule has 0 amide bonds. The number of ether oxygens (including phenoxy) is 2. The summed E-state index contributed by atoms with van der Waals surface area (Å²) in [7, 11) is 1.69. The molecule has 4 aromatic carbocycles. The molecule has 0 bridgehead atoms. The van der Waals surface area contributed by atoms with Gasteiger partial charge < -0.3 is 9.47 Å². The van der Waals surface area contributed by atoms with Crippen molar-refractivity contribution in [2.75, 3.05) is 7.11 Å². The molecule has 0 aliphatic heterocycles. The first-order chi connectivity index (χ1) is 15.3. The van der Waals surface area contributed by atoms with Crippen LogP contribution in [0.25, 0.3) is 0 Å². The Hall–Kier alpha value is -3.36. The van der Waals surface area contributed by atoms with Gasteiger partial charge in [0.25, 0.3) is 0 Å². The molecule has 0 heterocycles. The molecular formula is C29H28O2. The molecule has 31 heavy (non-hydrogen) atoms. The summed E-state index contributed by atoms with van der Waals surface area (Å²) in [5, 5.41) is 0. The number of hydrogen-bond donors (Lipinski definition) is 0. The van der Waals surface area contributed by atoms with Crippen LogP contribution in [0, 0.1) is 0 Å². The summed E-state index contributed by atoms with van der Waals surface area (Å²) >= 11 is 0. The highest BCUT2D eigenvalue weighted by atomic mass is 16.5. The maximum Gasteiger partial charge on any atom is 0.144 e. The fourth-order valence-corrected chi connectivity index (χ4v) is 3.98. The monoisotopic (exact) mass is 408 g/mol. The van der Waals surface area contributed by atoms with Crippen LogP contribution in [0.1, 0.15) is 34.7 Å². The topological polar surface area (TPSA) is 18.5 Å². The van der Waals surface area contributed by atoms with Crippen LogP contribution < -0.4 is 4.74 Å². The lowest BCUT2D eigenvalue weighted by Crippen LogP contribution is -2.32. The SMILES string of the molecule is CCc1ccc(COC(c2ccccc2)(c2ccccc2)c2ccc(OC)cc2)cc1. The minimum atomic E-state index is -0.738. The first-order valence-corrected chi connectivity index (χ1v) is 10.7. The lowest BCUT2D eigenvalue weighted by molar-refractivity contribution is 0.000214. The lowest BCUT2D eigenvalue weighted by atomic mass is 9.80. The molecule has 2 nitrogen and oxygen atoms in total. The van der Waals surface area contributed by atoms with E-state index in [1.54, 1.807) is 7.11 Å². The van der Waals surface area contributed by atoms with Gasteiger partial charge in [0.1, 0.15) is 11.4 Å².